The van der Waals surface area contributed by atoms with Gasteiger partial charge in [-0.3, -0.25) is 4.79 Å². The fourth-order valence-corrected chi connectivity index (χ4v) is 2.82. The molecule has 2 aromatic heterocycles. The third-order valence-corrected chi connectivity index (χ3v) is 4.18. The first-order valence-corrected chi connectivity index (χ1v) is 8.13. The van der Waals surface area contributed by atoms with Crippen molar-refractivity contribution < 1.29 is 14.4 Å². The van der Waals surface area contributed by atoms with Crippen molar-refractivity contribution in [3.8, 4) is 11.5 Å². The van der Waals surface area contributed by atoms with E-state index < -0.39 is 5.97 Å². The highest BCUT2D eigenvalue weighted by atomic mass is 16.5. The van der Waals surface area contributed by atoms with Crippen molar-refractivity contribution in [2.45, 2.75) is 39.0 Å². The molecule has 24 heavy (non-hydrogen) atoms. The van der Waals surface area contributed by atoms with E-state index in [4.69, 9.17) is 4.52 Å². The molecule has 0 spiro atoms. The molecule has 1 aliphatic rings. The highest BCUT2D eigenvalue weighted by Crippen LogP contribution is 2.32. The Labute approximate surface area is 140 Å². The Kier molecular flexibility index (Phi) is 4.26. The molecule has 1 aliphatic heterocycles. The van der Waals surface area contributed by atoms with E-state index in [2.05, 4.69) is 15.1 Å². The van der Waals surface area contributed by atoms with Crippen LogP contribution >= 0.6 is 0 Å². The maximum atomic E-state index is 11.3. The molecule has 7 heteroatoms. The molecule has 0 radical (unpaired) electrons. The summed E-state index contributed by atoms with van der Waals surface area (Å²) in [5.41, 5.74) is 0.537. The molecule has 1 N–H and O–H groups in total. The van der Waals surface area contributed by atoms with Crippen LogP contribution in [0.4, 0.5) is 5.82 Å². The number of carbonyl (C=O) groups is 1. The number of pyridine rings is 1. The van der Waals surface area contributed by atoms with Crippen molar-refractivity contribution in [2.24, 2.45) is 5.92 Å². The molecule has 1 atom stereocenters. The topological polar surface area (TPSA) is 92.4 Å². The van der Waals surface area contributed by atoms with Crippen molar-refractivity contribution >= 4 is 11.8 Å². The largest absolute Gasteiger partial charge is 0.481 e. The van der Waals surface area contributed by atoms with Gasteiger partial charge in [0.25, 0.3) is 5.89 Å². The quantitative estimate of drug-likeness (QED) is 0.925. The van der Waals surface area contributed by atoms with E-state index in [1.54, 1.807) is 6.20 Å². The van der Waals surface area contributed by atoms with Crippen LogP contribution in [0.15, 0.2) is 22.9 Å². The first-order valence-electron chi connectivity index (χ1n) is 8.13. The number of aromatic nitrogens is 3. The lowest BCUT2D eigenvalue weighted by Crippen LogP contribution is -2.39. The average Bonchev–Trinajstić information content (AvgIpc) is 3.05. The second-order valence-corrected chi connectivity index (χ2v) is 7.17. The molecule has 1 fully saturated rings. The number of piperidine rings is 1. The third kappa shape index (κ3) is 3.25. The van der Waals surface area contributed by atoms with Crippen LogP contribution in [0.5, 0.6) is 0 Å². The van der Waals surface area contributed by atoms with Gasteiger partial charge in [-0.15, -0.1) is 0 Å². The van der Waals surface area contributed by atoms with Gasteiger partial charge in [0, 0.05) is 24.7 Å². The van der Waals surface area contributed by atoms with Gasteiger partial charge >= 0.3 is 5.97 Å². The van der Waals surface area contributed by atoms with E-state index in [9.17, 15) is 9.90 Å². The summed E-state index contributed by atoms with van der Waals surface area (Å²) in [6.07, 6.45) is 3.22. The van der Waals surface area contributed by atoms with E-state index in [-0.39, 0.29) is 11.3 Å². The van der Waals surface area contributed by atoms with Crippen LogP contribution in [0.3, 0.4) is 0 Å². The van der Waals surface area contributed by atoms with Crippen LogP contribution < -0.4 is 4.90 Å². The number of carboxylic acid groups (broad SMARTS) is 1. The summed E-state index contributed by atoms with van der Waals surface area (Å²) in [5.74, 6) is 0.619. The Balaban J connectivity index is 1.94. The molecule has 2 aromatic rings. The van der Waals surface area contributed by atoms with E-state index in [1.807, 2.05) is 37.8 Å². The van der Waals surface area contributed by atoms with Crippen LogP contribution in [0.25, 0.3) is 11.5 Å². The van der Waals surface area contributed by atoms with Gasteiger partial charge < -0.3 is 14.5 Å². The SMILES string of the molecule is CC(C)(C)c1noc(-c2cccnc2N2CCCC(C(=O)O)C2)n1. The number of hydrogen-bond donors (Lipinski definition) is 1. The summed E-state index contributed by atoms with van der Waals surface area (Å²) in [6.45, 7) is 7.28. The van der Waals surface area contributed by atoms with E-state index in [1.165, 1.54) is 0 Å². The maximum absolute atomic E-state index is 11.3. The minimum atomic E-state index is -0.759. The van der Waals surface area contributed by atoms with E-state index in [0.717, 1.165) is 18.5 Å². The molecule has 1 unspecified atom stereocenters. The fraction of sp³-hybridized carbons (Fsp3) is 0.529. The van der Waals surface area contributed by atoms with Gasteiger partial charge in [0.05, 0.1) is 11.5 Å². The van der Waals surface area contributed by atoms with Crippen LogP contribution in [-0.4, -0.2) is 39.3 Å². The third-order valence-electron chi connectivity index (χ3n) is 4.18. The van der Waals surface area contributed by atoms with Crippen molar-refractivity contribution in [1.29, 1.82) is 0 Å². The lowest BCUT2D eigenvalue weighted by Gasteiger charge is -2.32. The summed E-state index contributed by atoms with van der Waals surface area (Å²) < 4.78 is 5.44. The molecule has 128 valence electrons. The summed E-state index contributed by atoms with van der Waals surface area (Å²) >= 11 is 0. The predicted molar refractivity (Wildman–Crippen MR) is 88.8 cm³/mol. The number of rotatable bonds is 3. The Morgan fingerprint density at radius 3 is 2.88 bits per heavy atom. The van der Waals surface area contributed by atoms with Crippen LogP contribution in [-0.2, 0) is 10.2 Å². The molecule has 3 heterocycles. The van der Waals surface area contributed by atoms with Crippen molar-refractivity contribution in [3.63, 3.8) is 0 Å². The van der Waals surface area contributed by atoms with Gasteiger partial charge in [0.2, 0.25) is 0 Å². The Bertz CT molecular complexity index is 735. The van der Waals surface area contributed by atoms with Gasteiger partial charge in [-0.1, -0.05) is 25.9 Å². The molecule has 0 aliphatic carbocycles. The molecular formula is C17H22N4O3. The van der Waals surface area contributed by atoms with Crippen LogP contribution in [0.1, 0.15) is 39.4 Å². The fourth-order valence-electron chi connectivity index (χ4n) is 2.82. The van der Waals surface area contributed by atoms with Crippen molar-refractivity contribution in [3.05, 3.63) is 24.2 Å². The molecule has 3 rings (SSSR count). The lowest BCUT2D eigenvalue weighted by atomic mass is 9.96. The molecular weight excluding hydrogens is 308 g/mol. The molecule has 7 nitrogen and oxygen atoms in total. The number of anilines is 1. The first-order chi connectivity index (χ1) is 11.4. The summed E-state index contributed by atoms with van der Waals surface area (Å²) in [5, 5.41) is 13.4. The van der Waals surface area contributed by atoms with Crippen LogP contribution in [0.2, 0.25) is 0 Å². The average molecular weight is 330 g/mol. The highest BCUT2D eigenvalue weighted by molar-refractivity contribution is 5.73. The number of nitrogens with zero attached hydrogens (tertiary/aromatic N) is 4. The summed E-state index contributed by atoms with van der Waals surface area (Å²) in [6, 6.07) is 3.70. The number of aliphatic carboxylic acids is 1. The molecule has 0 amide bonds. The Hall–Kier alpha value is -2.44. The van der Waals surface area contributed by atoms with E-state index >= 15 is 0 Å². The van der Waals surface area contributed by atoms with Gasteiger partial charge in [-0.2, -0.15) is 4.98 Å². The van der Waals surface area contributed by atoms with Crippen molar-refractivity contribution in [1.82, 2.24) is 15.1 Å². The summed E-state index contributed by atoms with van der Waals surface area (Å²) in [4.78, 5) is 22.3. The van der Waals surface area contributed by atoms with Gasteiger partial charge in [0.15, 0.2) is 5.82 Å². The number of hydrogen-bond acceptors (Lipinski definition) is 6. The zero-order valence-electron chi connectivity index (χ0n) is 14.2. The second-order valence-electron chi connectivity index (χ2n) is 7.17. The van der Waals surface area contributed by atoms with Crippen LogP contribution in [0, 0.1) is 5.92 Å². The maximum Gasteiger partial charge on any atom is 0.308 e. The molecule has 0 saturated carbocycles. The minimum absolute atomic E-state index is 0.205. The Morgan fingerprint density at radius 1 is 1.42 bits per heavy atom. The normalized spacial score (nSPS) is 18.6. The predicted octanol–water partition coefficient (Wildman–Crippen LogP) is 2.73. The summed E-state index contributed by atoms with van der Waals surface area (Å²) in [7, 11) is 0. The first kappa shape index (κ1) is 16.4. The number of carboxylic acids is 1. The smallest absolute Gasteiger partial charge is 0.308 e. The van der Waals surface area contributed by atoms with Crippen molar-refractivity contribution in [2.75, 3.05) is 18.0 Å². The molecule has 1 saturated heterocycles. The molecule has 0 aromatic carbocycles. The highest BCUT2D eigenvalue weighted by Gasteiger charge is 2.29. The zero-order chi connectivity index (χ0) is 17.3. The second kappa shape index (κ2) is 6.22. The minimum Gasteiger partial charge on any atom is -0.481 e. The van der Waals surface area contributed by atoms with Gasteiger partial charge in [-0.05, 0) is 25.0 Å². The zero-order valence-corrected chi connectivity index (χ0v) is 14.2. The standard InChI is InChI=1S/C17H22N4O3/c1-17(2,3)16-19-14(24-20-16)12-7-4-8-18-13(12)21-9-5-6-11(10-21)15(22)23/h4,7-8,11H,5-6,9-10H2,1-3H3,(H,22,23). The Morgan fingerprint density at radius 2 is 2.21 bits per heavy atom. The van der Waals surface area contributed by atoms with Gasteiger partial charge in [-0.25, -0.2) is 4.98 Å². The lowest BCUT2D eigenvalue weighted by molar-refractivity contribution is -0.141. The molecule has 0 bridgehead atoms. The van der Waals surface area contributed by atoms with E-state index in [0.29, 0.717) is 30.5 Å². The van der Waals surface area contributed by atoms with Gasteiger partial charge in [0.1, 0.15) is 5.82 Å². The monoisotopic (exact) mass is 330 g/mol.